The van der Waals surface area contributed by atoms with Crippen molar-refractivity contribution in [3.63, 3.8) is 0 Å². The zero-order valence-electron chi connectivity index (χ0n) is 37.5. The molecular weight excluding hydrogens is 821 g/mol. The van der Waals surface area contributed by atoms with Crippen molar-refractivity contribution in [3.05, 3.63) is 50.2 Å². The standard InChI is InChI=1S/C48H79NOSi.2CH3.2ClH.Zr/c1-33-27-28-43-42(31-33)44-45(49(43)32-35-20-10-9-19-34(35)2)38-23-13-16-26-41(38)47(44)51(6,30-18-8-7-17-29-50-48(3,4)5)46-39-24-14-11-21-36(39)37-22-12-15-25-40(37)46;;;;;/h9-10,19-20,33,36-47H,7-8,11-18,21-32H2,1-6H3;2*1H3;2*1H;/q;2*-1;;;+4/p-2. The second-order valence-electron chi connectivity index (χ2n) is 21.4. The first kappa shape index (κ1) is 47.9. The van der Waals surface area contributed by atoms with Crippen LogP contribution in [0.4, 0.5) is 0 Å². The molecule has 6 heteroatoms. The third-order valence-electron chi connectivity index (χ3n) is 17.5. The Morgan fingerprint density at radius 1 is 0.714 bits per heavy atom. The summed E-state index contributed by atoms with van der Waals surface area (Å²) in [5.74, 6) is 9.27. The van der Waals surface area contributed by atoms with E-state index in [0.717, 1.165) is 83.0 Å². The fourth-order valence-electron chi connectivity index (χ4n) is 15.9. The summed E-state index contributed by atoms with van der Waals surface area (Å²) in [6.07, 6.45) is 28.8. The van der Waals surface area contributed by atoms with Gasteiger partial charge in [-0.1, -0.05) is 121 Å². The minimum atomic E-state index is -1.68. The van der Waals surface area contributed by atoms with Crippen LogP contribution in [0.2, 0.25) is 23.7 Å². The maximum atomic E-state index is 6.19. The molecule has 13 atom stereocenters. The van der Waals surface area contributed by atoms with Gasteiger partial charge in [-0.15, -0.1) is 0 Å². The molecule has 56 heavy (non-hydrogen) atoms. The molecule has 6 aliphatic carbocycles. The molecule has 13 unspecified atom stereocenters. The average molecular weight is 906 g/mol. The van der Waals surface area contributed by atoms with E-state index in [2.05, 4.69) is 70.3 Å². The van der Waals surface area contributed by atoms with E-state index in [1.165, 1.54) is 69.9 Å². The summed E-state index contributed by atoms with van der Waals surface area (Å²) in [6, 6.07) is 12.9. The van der Waals surface area contributed by atoms with Crippen LogP contribution in [0.15, 0.2) is 24.3 Å². The van der Waals surface area contributed by atoms with Crippen LogP contribution in [0.3, 0.4) is 0 Å². The van der Waals surface area contributed by atoms with E-state index < -0.39 is 28.9 Å². The predicted molar refractivity (Wildman–Crippen MR) is 243 cm³/mol. The van der Waals surface area contributed by atoms with Gasteiger partial charge in [0.15, 0.2) is 0 Å². The first-order valence-corrected chi connectivity index (χ1v) is 32.7. The van der Waals surface area contributed by atoms with Crippen molar-refractivity contribution in [2.45, 2.75) is 205 Å². The topological polar surface area (TPSA) is 12.5 Å². The summed E-state index contributed by atoms with van der Waals surface area (Å²) >= 11 is -0.826. The molecule has 7 fully saturated rings. The van der Waals surface area contributed by atoms with Crippen LogP contribution in [-0.4, -0.2) is 37.3 Å². The van der Waals surface area contributed by atoms with Crippen molar-refractivity contribution in [3.8, 4) is 0 Å². The van der Waals surface area contributed by atoms with E-state index in [4.69, 9.17) is 21.8 Å². The quantitative estimate of drug-likeness (QED) is 0.125. The molecule has 0 N–H and O–H groups in total. The summed E-state index contributed by atoms with van der Waals surface area (Å²) in [6.45, 7) is 17.0. The number of hydrogen-bond acceptors (Lipinski definition) is 2. The second kappa shape index (κ2) is 21.3. The van der Waals surface area contributed by atoms with Crippen molar-refractivity contribution in [1.82, 2.24) is 4.90 Å². The summed E-state index contributed by atoms with van der Waals surface area (Å²) in [5, 5.41) is 0. The Morgan fingerprint density at radius 3 is 1.84 bits per heavy atom. The number of benzene rings is 1. The fraction of sp³-hybridized carbons (Fsp3) is 0.840. The summed E-state index contributed by atoms with van der Waals surface area (Å²) in [7, 11) is 8.19. The van der Waals surface area contributed by atoms with Crippen molar-refractivity contribution in [1.29, 1.82) is 0 Å². The zero-order chi connectivity index (χ0) is 38.0. The van der Waals surface area contributed by atoms with E-state index in [1.54, 1.807) is 75.8 Å². The zero-order valence-corrected chi connectivity index (χ0v) is 42.5. The molecule has 6 saturated carbocycles. The minimum absolute atomic E-state index is 0. The Bertz CT molecular complexity index is 1320. The van der Waals surface area contributed by atoms with Crippen LogP contribution >= 0.6 is 17.0 Å². The van der Waals surface area contributed by atoms with E-state index in [-0.39, 0.29) is 20.5 Å². The first-order chi connectivity index (χ1) is 26.1. The number of aryl methyl sites for hydroxylation is 1. The average Bonchev–Trinajstić information content (AvgIpc) is 3.78. The van der Waals surface area contributed by atoms with Crippen LogP contribution in [0.25, 0.3) is 0 Å². The van der Waals surface area contributed by atoms with Crippen LogP contribution in [0.1, 0.15) is 161 Å². The number of rotatable bonds is 11. The molecule has 2 nitrogen and oxygen atoms in total. The molecule has 0 bridgehead atoms. The van der Waals surface area contributed by atoms with E-state index in [1.807, 2.05) is 0 Å². The van der Waals surface area contributed by atoms with Gasteiger partial charge in [-0.25, -0.2) is 0 Å². The van der Waals surface area contributed by atoms with Gasteiger partial charge < -0.3 is 19.6 Å². The number of fused-ring (bicyclic) bond motifs is 8. The molecule has 7 aliphatic rings. The molecule has 0 radical (unpaired) electrons. The SMILES string of the molecule is Cc1ccccc1CN1C2CCC(C)CC2C2C1C1CCCCC1C2[Si](C)(CCCCCCOC(C)(C)C)C1C2CCCCC2C2CCCCC21.[CH3-].[CH3-].[Cl][Zr+2][Cl]. The molecule has 0 amide bonds. The Labute approximate surface area is 367 Å². The molecule has 1 aromatic carbocycles. The van der Waals surface area contributed by atoms with E-state index in [0.29, 0.717) is 0 Å². The maximum absolute atomic E-state index is 6.19. The van der Waals surface area contributed by atoms with Gasteiger partial charge in [0, 0.05) is 25.2 Å². The Morgan fingerprint density at radius 2 is 1.25 bits per heavy atom. The van der Waals surface area contributed by atoms with Crippen LogP contribution in [-0.2, 0) is 32.1 Å². The number of likely N-dealkylation sites (tertiary alicyclic amines) is 1. The summed E-state index contributed by atoms with van der Waals surface area (Å²) < 4.78 is 6.19. The molecule has 1 saturated heterocycles. The molecule has 0 aromatic heterocycles. The Kier molecular flexibility index (Phi) is 18.2. The van der Waals surface area contributed by atoms with E-state index >= 15 is 0 Å². The third-order valence-corrected chi connectivity index (χ3v) is 23.7. The number of unbranched alkanes of at least 4 members (excludes halogenated alkanes) is 3. The number of ether oxygens (including phenoxy) is 1. The van der Waals surface area contributed by atoms with Crippen molar-refractivity contribution in [2.24, 2.45) is 53.3 Å². The van der Waals surface area contributed by atoms with Crippen LogP contribution in [0, 0.1) is 75.0 Å². The van der Waals surface area contributed by atoms with Gasteiger partial charge in [0.05, 0.1) is 13.7 Å². The summed E-state index contributed by atoms with van der Waals surface area (Å²) in [5.41, 5.74) is 5.38. The first-order valence-electron chi connectivity index (χ1n) is 23.5. The van der Waals surface area contributed by atoms with Gasteiger partial charge >= 0.3 is 37.9 Å². The molecule has 1 aliphatic heterocycles. The Hall–Kier alpha value is 0.820. The predicted octanol–water partition coefficient (Wildman–Crippen LogP) is 15.5. The third kappa shape index (κ3) is 10.0. The molecule has 1 aromatic rings. The second-order valence-corrected chi connectivity index (χ2v) is 30.0. The summed E-state index contributed by atoms with van der Waals surface area (Å²) in [4.78, 5) is 3.26. The van der Waals surface area contributed by atoms with Gasteiger partial charge in [-0.05, 0) is 148 Å². The molecular formula is C50H85Cl2NOSiZr. The fourth-order valence-corrected chi connectivity index (χ4v) is 23.6. The van der Waals surface area contributed by atoms with Gasteiger partial charge in [-0.3, -0.25) is 4.90 Å². The number of hydrogen-bond donors (Lipinski definition) is 0. The van der Waals surface area contributed by atoms with Crippen LogP contribution in [0.5, 0.6) is 0 Å². The molecule has 8 rings (SSSR count). The van der Waals surface area contributed by atoms with Gasteiger partial charge in [0.1, 0.15) is 0 Å². The van der Waals surface area contributed by atoms with Gasteiger partial charge in [0.2, 0.25) is 0 Å². The van der Waals surface area contributed by atoms with Gasteiger partial charge in [-0.2, -0.15) is 0 Å². The van der Waals surface area contributed by atoms with E-state index in [9.17, 15) is 0 Å². The van der Waals surface area contributed by atoms with Crippen molar-refractivity contribution < 1.29 is 25.6 Å². The number of halogens is 2. The molecule has 0 spiro atoms. The van der Waals surface area contributed by atoms with Crippen LogP contribution < -0.4 is 0 Å². The molecule has 318 valence electrons. The molecule has 1 heterocycles. The monoisotopic (exact) mass is 903 g/mol. The number of nitrogens with zero attached hydrogens (tertiary/aromatic N) is 1. The van der Waals surface area contributed by atoms with Crippen molar-refractivity contribution in [2.75, 3.05) is 6.61 Å². The van der Waals surface area contributed by atoms with Gasteiger partial charge in [0.25, 0.3) is 0 Å². The van der Waals surface area contributed by atoms with Crippen molar-refractivity contribution >= 4 is 25.1 Å². The normalized spacial score (nSPS) is 38.5. The Balaban J connectivity index is 0.00000116.